The summed E-state index contributed by atoms with van der Waals surface area (Å²) in [4.78, 5) is 9.70. The van der Waals surface area contributed by atoms with E-state index in [2.05, 4.69) is 50.9 Å². The molecule has 2 heterocycles. The van der Waals surface area contributed by atoms with Crippen molar-refractivity contribution in [3.8, 4) is 0 Å². The molecule has 140 valence electrons. The highest BCUT2D eigenvalue weighted by Crippen LogP contribution is 2.39. The van der Waals surface area contributed by atoms with Crippen LogP contribution in [0.15, 0.2) is 83.0 Å². The number of aliphatic imine (C=N–C) groups is 2. The van der Waals surface area contributed by atoms with Crippen LogP contribution in [0.4, 0.5) is 0 Å². The van der Waals surface area contributed by atoms with Crippen LogP contribution in [0.2, 0.25) is 0 Å². The quantitative estimate of drug-likeness (QED) is 0.793. The Hall–Kier alpha value is -2.52. The zero-order valence-electron chi connectivity index (χ0n) is 16.1. The van der Waals surface area contributed by atoms with Gasteiger partial charge in [0.15, 0.2) is 0 Å². The summed E-state index contributed by atoms with van der Waals surface area (Å²) in [5.74, 6) is 0.309. The molecule has 3 rings (SSSR count). The number of hydrogen-bond acceptors (Lipinski definition) is 3. The van der Waals surface area contributed by atoms with Crippen molar-refractivity contribution >= 4 is 11.4 Å². The lowest BCUT2D eigenvalue weighted by Crippen LogP contribution is -2.27. The van der Waals surface area contributed by atoms with Crippen LogP contribution in [0, 0.1) is 0 Å². The van der Waals surface area contributed by atoms with Crippen LogP contribution in [-0.2, 0) is 0 Å². The molecule has 2 aliphatic rings. The Morgan fingerprint density at radius 3 is 2.59 bits per heavy atom. The minimum Gasteiger partial charge on any atom is -0.392 e. The van der Waals surface area contributed by atoms with Crippen molar-refractivity contribution in [1.82, 2.24) is 0 Å². The first kappa shape index (κ1) is 19.2. The van der Waals surface area contributed by atoms with Gasteiger partial charge in [-0.05, 0) is 37.0 Å². The average molecular weight is 361 g/mol. The van der Waals surface area contributed by atoms with Gasteiger partial charge in [-0.3, -0.25) is 9.98 Å². The van der Waals surface area contributed by atoms with E-state index in [-0.39, 0.29) is 12.6 Å². The van der Waals surface area contributed by atoms with E-state index in [1.165, 1.54) is 16.7 Å². The number of aliphatic hydroxyl groups excluding tert-OH is 1. The molecule has 0 saturated heterocycles. The molecular formula is C24H28N2O. The van der Waals surface area contributed by atoms with Crippen LogP contribution in [-0.4, -0.2) is 29.2 Å². The minimum absolute atomic E-state index is 0.0231. The average Bonchev–Trinajstić information content (AvgIpc) is 2.69. The lowest BCUT2D eigenvalue weighted by molar-refractivity contribution is 0.335. The molecule has 0 aromatic heterocycles. The third kappa shape index (κ3) is 3.79. The second kappa shape index (κ2) is 8.45. The Morgan fingerprint density at radius 1 is 1.19 bits per heavy atom. The molecule has 2 unspecified atom stereocenters. The summed E-state index contributed by atoms with van der Waals surface area (Å²) in [5.41, 5.74) is 7.10. The van der Waals surface area contributed by atoms with Crippen molar-refractivity contribution < 1.29 is 5.11 Å². The van der Waals surface area contributed by atoms with Gasteiger partial charge in [-0.25, -0.2) is 0 Å². The number of hydrogen-bond donors (Lipinski definition) is 1. The fourth-order valence-corrected chi connectivity index (χ4v) is 4.24. The maximum absolute atomic E-state index is 9.97. The van der Waals surface area contributed by atoms with Crippen LogP contribution < -0.4 is 0 Å². The van der Waals surface area contributed by atoms with Gasteiger partial charge < -0.3 is 5.11 Å². The molecule has 3 heteroatoms. The van der Waals surface area contributed by atoms with Crippen LogP contribution in [0.1, 0.15) is 49.7 Å². The number of aliphatic hydroxyl groups is 1. The molecule has 0 amide bonds. The first-order valence-corrected chi connectivity index (χ1v) is 9.63. The van der Waals surface area contributed by atoms with Gasteiger partial charge in [0.05, 0.1) is 24.1 Å². The first-order valence-electron chi connectivity index (χ1n) is 9.63. The summed E-state index contributed by atoms with van der Waals surface area (Å²) >= 11 is 0. The second-order valence-electron chi connectivity index (χ2n) is 7.08. The van der Waals surface area contributed by atoms with E-state index in [1.807, 2.05) is 6.08 Å². The Labute approximate surface area is 162 Å². The SMILES string of the molecule is C=CC1=NC(=C)CC2N=C(C=C)c3ccccc3C2CC/C(CC)=C\1CO. The normalized spacial score (nSPS) is 25.6. The standard InChI is InChI=1S/C24H28N2O/c1-5-17-12-13-20-18-10-8-9-11-19(18)22(6-2)26-24(20)14-16(4)25-23(7-3)21(17)15-27/h6-11,20,24,27H,2-5,12-15H2,1H3/b21-17-,25-23?. The van der Waals surface area contributed by atoms with Crippen LogP contribution in [0.25, 0.3) is 0 Å². The zero-order valence-corrected chi connectivity index (χ0v) is 16.1. The van der Waals surface area contributed by atoms with Crippen molar-refractivity contribution in [2.75, 3.05) is 6.61 Å². The fraction of sp³-hybridized carbons (Fsp3) is 0.333. The summed E-state index contributed by atoms with van der Waals surface area (Å²) in [6.07, 6.45) is 7.04. The number of nitrogens with zero attached hydrogens (tertiary/aromatic N) is 2. The molecule has 0 aliphatic carbocycles. The molecule has 0 saturated carbocycles. The highest BCUT2D eigenvalue weighted by atomic mass is 16.3. The predicted octanol–water partition coefficient (Wildman–Crippen LogP) is 5.15. The highest BCUT2D eigenvalue weighted by Gasteiger charge is 2.31. The van der Waals surface area contributed by atoms with Crippen molar-refractivity contribution in [3.63, 3.8) is 0 Å². The van der Waals surface area contributed by atoms with E-state index < -0.39 is 0 Å². The molecule has 1 aromatic carbocycles. The Kier molecular flexibility index (Phi) is 6.02. The number of benzene rings is 1. The van der Waals surface area contributed by atoms with E-state index in [4.69, 9.17) is 9.98 Å². The van der Waals surface area contributed by atoms with E-state index >= 15 is 0 Å². The predicted molar refractivity (Wildman–Crippen MR) is 115 cm³/mol. The van der Waals surface area contributed by atoms with Crippen molar-refractivity contribution in [2.45, 2.75) is 44.6 Å². The third-order valence-corrected chi connectivity index (χ3v) is 5.59. The fourth-order valence-electron chi connectivity index (χ4n) is 4.24. The zero-order chi connectivity index (χ0) is 19.4. The molecule has 27 heavy (non-hydrogen) atoms. The summed E-state index contributed by atoms with van der Waals surface area (Å²) in [5, 5.41) is 9.97. The summed E-state index contributed by atoms with van der Waals surface area (Å²) < 4.78 is 0. The van der Waals surface area contributed by atoms with E-state index in [0.717, 1.165) is 42.0 Å². The molecule has 1 aromatic rings. The van der Waals surface area contributed by atoms with Gasteiger partial charge >= 0.3 is 0 Å². The molecule has 1 N–H and O–H groups in total. The molecule has 3 nitrogen and oxygen atoms in total. The molecule has 0 spiro atoms. The summed E-state index contributed by atoms with van der Waals surface area (Å²) in [6, 6.07) is 8.59. The number of allylic oxidation sites excluding steroid dienone is 3. The lowest BCUT2D eigenvalue weighted by Gasteiger charge is -2.32. The third-order valence-electron chi connectivity index (χ3n) is 5.59. The molecule has 0 bridgehead atoms. The molecular weight excluding hydrogens is 332 g/mol. The van der Waals surface area contributed by atoms with Gasteiger partial charge in [0, 0.05) is 29.2 Å². The summed E-state index contributed by atoms with van der Waals surface area (Å²) in [6.45, 7) is 14.1. The lowest BCUT2D eigenvalue weighted by atomic mass is 9.78. The molecule has 0 radical (unpaired) electrons. The van der Waals surface area contributed by atoms with Crippen LogP contribution in [0.5, 0.6) is 0 Å². The summed E-state index contributed by atoms with van der Waals surface area (Å²) in [7, 11) is 0. The second-order valence-corrected chi connectivity index (χ2v) is 7.08. The maximum Gasteiger partial charge on any atom is 0.0702 e. The monoisotopic (exact) mass is 360 g/mol. The van der Waals surface area contributed by atoms with Crippen molar-refractivity contribution in [1.29, 1.82) is 0 Å². The van der Waals surface area contributed by atoms with Crippen LogP contribution in [0.3, 0.4) is 0 Å². The van der Waals surface area contributed by atoms with E-state index in [1.54, 1.807) is 6.08 Å². The van der Waals surface area contributed by atoms with Gasteiger partial charge in [0.1, 0.15) is 0 Å². The topological polar surface area (TPSA) is 45.0 Å². The molecule has 2 atom stereocenters. The Balaban J connectivity index is 2.10. The first-order chi connectivity index (χ1) is 13.1. The van der Waals surface area contributed by atoms with E-state index in [0.29, 0.717) is 12.3 Å². The maximum atomic E-state index is 9.97. The molecule has 0 fully saturated rings. The van der Waals surface area contributed by atoms with Gasteiger partial charge in [-0.1, -0.05) is 56.5 Å². The number of rotatable bonds is 4. The van der Waals surface area contributed by atoms with E-state index in [9.17, 15) is 5.11 Å². The van der Waals surface area contributed by atoms with Crippen molar-refractivity contribution in [3.05, 3.63) is 84.1 Å². The minimum atomic E-state index is -0.0231. The molecule has 2 aliphatic heterocycles. The van der Waals surface area contributed by atoms with Gasteiger partial charge in [0.25, 0.3) is 0 Å². The smallest absolute Gasteiger partial charge is 0.0702 e. The number of fused-ring (bicyclic) bond motifs is 3. The Bertz CT molecular complexity index is 857. The van der Waals surface area contributed by atoms with Gasteiger partial charge in [-0.15, -0.1) is 0 Å². The largest absolute Gasteiger partial charge is 0.392 e. The van der Waals surface area contributed by atoms with Gasteiger partial charge in [0.2, 0.25) is 0 Å². The Morgan fingerprint density at radius 2 is 1.93 bits per heavy atom. The van der Waals surface area contributed by atoms with Crippen LogP contribution >= 0.6 is 0 Å². The highest BCUT2D eigenvalue weighted by molar-refractivity contribution is 6.10. The van der Waals surface area contributed by atoms with Gasteiger partial charge in [-0.2, -0.15) is 0 Å². The van der Waals surface area contributed by atoms with Crippen molar-refractivity contribution in [2.24, 2.45) is 9.98 Å².